The van der Waals surface area contributed by atoms with Crippen LogP contribution in [0.1, 0.15) is 17.3 Å². The zero-order valence-electron chi connectivity index (χ0n) is 12.4. The van der Waals surface area contributed by atoms with Gasteiger partial charge in [-0.25, -0.2) is 0 Å². The van der Waals surface area contributed by atoms with E-state index in [1.165, 1.54) is 24.3 Å². The molecule has 0 aliphatic rings. The smallest absolute Gasteiger partial charge is 0.254 e. The molecule has 116 valence electrons. The minimum atomic E-state index is -0.341. The van der Waals surface area contributed by atoms with Crippen molar-refractivity contribution >= 4 is 17.6 Å². The van der Waals surface area contributed by atoms with Crippen LogP contribution in [-0.2, 0) is 4.79 Å². The molecule has 22 heavy (non-hydrogen) atoms. The summed E-state index contributed by atoms with van der Waals surface area (Å²) in [5.74, 6) is 0.326. The third-order valence-electron chi connectivity index (χ3n) is 3.03. The van der Waals surface area contributed by atoms with Crippen LogP contribution in [-0.4, -0.2) is 42.1 Å². The molecule has 0 aliphatic heterocycles. The summed E-state index contributed by atoms with van der Waals surface area (Å²) >= 11 is 0. The van der Waals surface area contributed by atoms with Crippen LogP contribution in [0.3, 0.4) is 0 Å². The normalized spacial score (nSPS) is 10.1. The van der Waals surface area contributed by atoms with Gasteiger partial charge >= 0.3 is 0 Å². The van der Waals surface area contributed by atoms with Gasteiger partial charge in [0.05, 0.1) is 7.11 Å². The van der Waals surface area contributed by atoms with Crippen molar-refractivity contribution in [3.05, 3.63) is 42.2 Å². The molecule has 0 unspecified atom stereocenters. The summed E-state index contributed by atoms with van der Waals surface area (Å²) in [5, 5.41) is 6.14. The van der Waals surface area contributed by atoms with Gasteiger partial charge in [-0.15, -0.1) is 0 Å². The van der Waals surface area contributed by atoms with Gasteiger partial charge in [0.1, 0.15) is 18.6 Å². The first-order valence-corrected chi connectivity index (χ1v) is 6.77. The molecule has 1 aromatic carbocycles. The summed E-state index contributed by atoms with van der Waals surface area (Å²) in [5.41, 5.74) is 0.468. The number of ether oxygens (including phenoxy) is 1. The van der Waals surface area contributed by atoms with E-state index in [-0.39, 0.29) is 18.4 Å². The van der Waals surface area contributed by atoms with Crippen LogP contribution in [0, 0.1) is 0 Å². The maximum atomic E-state index is 12.4. The average molecular weight is 303 g/mol. The maximum Gasteiger partial charge on any atom is 0.254 e. The largest absolute Gasteiger partial charge is 0.497 e. The van der Waals surface area contributed by atoms with E-state index in [2.05, 4.69) is 15.0 Å². The molecule has 0 aliphatic carbocycles. The molecule has 0 fully saturated rings. The number of nitrogens with one attached hydrogen (secondary N) is 1. The Morgan fingerprint density at radius 3 is 2.82 bits per heavy atom. The highest BCUT2D eigenvalue weighted by atomic mass is 16.5. The fourth-order valence-corrected chi connectivity index (χ4v) is 1.90. The lowest BCUT2D eigenvalue weighted by Crippen LogP contribution is -2.37. The van der Waals surface area contributed by atoms with E-state index in [4.69, 9.17) is 4.74 Å². The van der Waals surface area contributed by atoms with Crippen molar-refractivity contribution in [1.82, 2.24) is 10.1 Å². The quantitative estimate of drug-likeness (QED) is 0.879. The SMILES string of the molecule is CCN(CC(=O)Nc1ccon1)C(=O)c1cccc(OC)c1. The number of amides is 2. The Labute approximate surface area is 127 Å². The first kappa shape index (κ1) is 15.6. The van der Waals surface area contributed by atoms with Gasteiger partial charge in [-0.3, -0.25) is 9.59 Å². The van der Waals surface area contributed by atoms with Crippen LogP contribution in [0.25, 0.3) is 0 Å². The molecular weight excluding hydrogens is 286 g/mol. The molecule has 0 radical (unpaired) electrons. The van der Waals surface area contributed by atoms with E-state index < -0.39 is 0 Å². The summed E-state index contributed by atoms with van der Waals surface area (Å²) in [7, 11) is 1.53. The molecule has 0 saturated heterocycles. The standard InChI is InChI=1S/C15H17N3O4/c1-3-18(10-14(19)16-13-7-8-22-17-13)15(20)11-5-4-6-12(9-11)21-2/h4-9H,3,10H2,1-2H3,(H,16,17,19). The number of nitrogens with zero attached hydrogens (tertiary/aromatic N) is 2. The summed E-state index contributed by atoms with van der Waals surface area (Å²) in [6, 6.07) is 8.33. The Morgan fingerprint density at radius 2 is 2.18 bits per heavy atom. The van der Waals surface area contributed by atoms with E-state index in [1.54, 1.807) is 31.2 Å². The number of likely N-dealkylation sites (N-methyl/N-ethyl adjacent to an activating group) is 1. The predicted molar refractivity (Wildman–Crippen MR) is 79.7 cm³/mol. The third kappa shape index (κ3) is 3.85. The second-order valence-electron chi connectivity index (χ2n) is 4.48. The molecule has 0 atom stereocenters. The van der Waals surface area contributed by atoms with E-state index in [0.717, 1.165) is 0 Å². The third-order valence-corrected chi connectivity index (χ3v) is 3.03. The van der Waals surface area contributed by atoms with Crippen LogP contribution < -0.4 is 10.1 Å². The van der Waals surface area contributed by atoms with Crippen LogP contribution in [0.15, 0.2) is 41.1 Å². The topological polar surface area (TPSA) is 84.7 Å². The minimum Gasteiger partial charge on any atom is -0.497 e. The number of hydrogen-bond acceptors (Lipinski definition) is 5. The monoisotopic (exact) mass is 303 g/mol. The highest BCUT2D eigenvalue weighted by Crippen LogP contribution is 2.14. The van der Waals surface area contributed by atoms with Crippen molar-refractivity contribution in [3.8, 4) is 5.75 Å². The number of carbonyl (C=O) groups is 2. The molecule has 2 amide bonds. The fraction of sp³-hybridized carbons (Fsp3) is 0.267. The minimum absolute atomic E-state index is 0.0700. The molecule has 1 aromatic heterocycles. The van der Waals surface area contributed by atoms with Crippen molar-refractivity contribution in [2.45, 2.75) is 6.92 Å². The molecule has 1 N–H and O–H groups in total. The van der Waals surface area contributed by atoms with Crippen molar-refractivity contribution in [3.63, 3.8) is 0 Å². The lowest BCUT2D eigenvalue weighted by Gasteiger charge is -2.20. The van der Waals surface area contributed by atoms with Gasteiger partial charge in [0.2, 0.25) is 5.91 Å². The Kier molecular flexibility index (Phi) is 5.13. The Hall–Kier alpha value is -2.83. The lowest BCUT2D eigenvalue weighted by molar-refractivity contribution is -0.116. The van der Waals surface area contributed by atoms with Gasteiger partial charge in [-0.1, -0.05) is 11.2 Å². The molecular formula is C15H17N3O4. The molecule has 0 spiro atoms. The number of methoxy groups -OCH3 is 1. The van der Waals surface area contributed by atoms with Crippen LogP contribution in [0.5, 0.6) is 5.75 Å². The second kappa shape index (κ2) is 7.26. The number of benzene rings is 1. The molecule has 2 aromatic rings. The molecule has 2 rings (SSSR count). The summed E-state index contributed by atoms with van der Waals surface area (Å²) < 4.78 is 9.73. The zero-order valence-corrected chi connectivity index (χ0v) is 12.4. The second-order valence-corrected chi connectivity index (χ2v) is 4.48. The van der Waals surface area contributed by atoms with Crippen molar-refractivity contribution in [2.75, 3.05) is 25.5 Å². The van der Waals surface area contributed by atoms with Crippen molar-refractivity contribution in [2.24, 2.45) is 0 Å². The molecule has 0 bridgehead atoms. The van der Waals surface area contributed by atoms with Crippen molar-refractivity contribution in [1.29, 1.82) is 0 Å². The van der Waals surface area contributed by atoms with Crippen LogP contribution >= 0.6 is 0 Å². The number of aromatic nitrogens is 1. The first-order valence-electron chi connectivity index (χ1n) is 6.77. The number of rotatable bonds is 6. The van der Waals surface area contributed by atoms with E-state index >= 15 is 0 Å². The van der Waals surface area contributed by atoms with E-state index in [9.17, 15) is 9.59 Å². The predicted octanol–water partition coefficient (Wildman–Crippen LogP) is 1.78. The summed E-state index contributed by atoms with van der Waals surface area (Å²) in [6.45, 7) is 2.14. The van der Waals surface area contributed by atoms with Crippen LogP contribution in [0.4, 0.5) is 5.82 Å². The molecule has 7 nitrogen and oxygen atoms in total. The highest BCUT2D eigenvalue weighted by Gasteiger charge is 2.18. The highest BCUT2D eigenvalue weighted by molar-refractivity contribution is 5.99. The molecule has 0 saturated carbocycles. The molecule has 1 heterocycles. The van der Waals surface area contributed by atoms with E-state index in [1.807, 2.05) is 0 Å². The molecule has 7 heteroatoms. The summed E-state index contributed by atoms with van der Waals surface area (Å²) in [6.07, 6.45) is 1.36. The number of hydrogen-bond donors (Lipinski definition) is 1. The van der Waals surface area contributed by atoms with Gasteiger partial charge in [-0.2, -0.15) is 0 Å². The number of carbonyl (C=O) groups excluding carboxylic acids is 2. The first-order chi connectivity index (χ1) is 10.6. The van der Waals surface area contributed by atoms with E-state index in [0.29, 0.717) is 23.7 Å². The Morgan fingerprint density at radius 1 is 1.36 bits per heavy atom. The lowest BCUT2D eigenvalue weighted by atomic mass is 10.2. The zero-order chi connectivity index (χ0) is 15.9. The van der Waals surface area contributed by atoms with Gasteiger partial charge in [0.15, 0.2) is 5.82 Å². The van der Waals surface area contributed by atoms with Gasteiger partial charge in [-0.05, 0) is 25.1 Å². The van der Waals surface area contributed by atoms with Crippen LogP contribution in [0.2, 0.25) is 0 Å². The fourth-order valence-electron chi connectivity index (χ4n) is 1.90. The average Bonchev–Trinajstić information content (AvgIpc) is 3.04. The Balaban J connectivity index is 2.03. The van der Waals surface area contributed by atoms with Crippen molar-refractivity contribution < 1.29 is 18.8 Å². The summed E-state index contributed by atoms with van der Waals surface area (Å²) in [4.78, 5) is 25.8. The van der Waals surface area contributed by atoms with Gasteiger partial charge in [0, 0.05) is 18.2 Å². The van der Waals surface area contributed by atoms with Gasteiger partial charge < -0.3 is 19.5 Å². The van der Waals surface area contributed by atoms with Gasteiger partial charge in [0.25, 0.3) is 5.91 Å². The maximum absolute atomic E-state index is 12.4. The number of anilines is 1. The Bertz CT molecular complexity index is 640.